The zero-order valence-electron chi connectivity index (χ0n) is 17.1. The minimum Gasteiger partial charge on any atom is -0.495 e. The minimum atomic E-state index is -3.76. The first-order valence-electron chi connectivity index (χ1n) is 9.90. The fraction of sp³-hybridized carbons (Fsp3) is 0.409. The quantitative estimate of drug-likeness (QED) is 0.778. The number of ether oxygens (including phenoxy) is 1. The molecule has 0 bridgehead atoms. The Hall–Kier alpha value is -2.38. The third-order valence-electron chi connectivity index (χ3n) is 5.40. The van der Waals surface area contributed by atoms with E-state index in [1.165, 1.54) is 17.5 Å². The molecule has 6 nitrogen and oxygen atoms in total. The standard InChI is InChI=1S/C22H28N2O4S/c1-16-9-7-8-14-24(16)29(26,27)21-15-19(12-13-20(21)28-3)22(25)23-17(2)18-10-5-4-6-11-18/h4-6,10-13,15-17H,7-9,14H2,1-3H3,(H,23,25)/t16-,17-/m0/s1. The fourth-order valence-corrected chi connectivity index (χ4v) is 5.56. The van der Waals surface area contributed by atoms with Gasteiger partial charge in [-0.2, -0.15) is 4.31 Å². The van der Waals surface area contributed by atoms with Crippen LogP contribution < -0.4 is 10.1 Å². The number of nitrogens with zero attached hydrogens (tertiary/aromatic N) is 1. The lowest BCUT2D eigenvalue weighted by Crippen LogP contribution is -2.42. The average molecular weight is 417 g/mol. The highest BCUT2D eigenvalue weighted by atomic mass is 32.2. The second kappa shape index (κ2) is 8.97. The Labute approximate surface area is 172 Å². The molecule has 0 aromatic heterocycles. The molecule has 29 heavy (non-hydrogen) atoms. The minimum absolute atomic E-state index is 0.0359. The first-order valence-corrected chi connectivity index (χ1v) is 11.3. The van der Waals surface area contributed by atoms with E-state index in [4.69, 9.17) is 4.74 Å². The van der Waals surface area contributed by atoms with Gasteiger partial charge in [0.15, 0.2) is 0 Å². The highest BCUT2D eigenvalue weighted by Crippen LogP contribution is 2.31. The maximum Gasteiger partial charge on any atom is 0.251 e. The van der Waals surface area contributed by atoms with Gasteiger partial charge in [0.2, 0.25) is 10.0 Å². The van der Waals surface area contributed by atoms with Crippen LogP contribution in [0.4, 0.5) is 0 Å². The van der Waals surface area contributed by atoms with E-state index in [0.29, 0.717) is 6.54 Å². The number of piperidine rings is 1. The molecule has 0 aliphatic carbocycles. The molecule has 1 aliphatic rings. The monoisotopic (exact) mass is 416 g/mol. The van der Waals surface area contributed by atoms with Crippen molar-refractivity contribution in [2.75, 3.05) is 13.7 Å². The Morgan fingerprint density at radius 3 is 2.55 bits per heavy atom. The summed E-state index contributed by atoms with van der Waals surface area (Å²) < 4.78 is 33.4. The number of hydrogen-bond acceptors (Lipinski definition) is 4. The summed E-state index contributed by atoms with van der Waals surface area (Å²) >= 11 is 0. The molecule has 0 spiro atoms. The Morgan fingerprint density at radius 1 is 1.17 bits per heavy atom. The summed E-state index contributed by atoms with van der Waals surface area (Å²) in [6, 6.07) is 13.9. The molecule has 1 amide bonds. The summed E-state index contributed by atoms with van der Waals surface area (Å²) in [7, 11) is -2.33. The van der Waals surface area contributed by atoms with Gasteiger partial charge in [0, 0.05) is 18.2 Å². The molecule has 1 fully saturated rings. The van der Waals surface area contributed by atoms with Crippen LogP contribution >= 0.6 is 0 Å². The van der Waals surface area contributed by atoms with Crippen LogP contribution in [0.2, 0.25) is 0 Å². The third-order valence-corrected chi connectivity index (χ3v) is 7.44. The van der Waals surface area contributed by atoms with E-state index in [1.807, 2.05) is 44.2 Å². The smallest absolute Gasteiger partial charge is 0.251 e. The molecule has 156 valence electrons. The van der Waals surface area contributed by atoms with Crippen LogP contribution in [0.25, 0.3) is 0 Å². The number of benzene rings is 2. The molecule has 2 aromatic rings. The van der Waals surface area contributed by atoms with E-state index in [2.05, 4.69) is 5.32 Å². The van der Waals surface area contributed by atoms with Crippen LogP contribution in [0.15, 0.2) is 53.4 Å². The van der Waals surface area contributed by atoms with E-state index in [-0.39, 0.29) is 34.2 Å². The number of carbonyl (C=O) groups is 1. The first-order chi connectivity index (χ1) is 13.8. The largest absolute Gasteiger partial charge is 0.495 e. The summed E-state index contributed by atoms with van der Waals surface area (Å²) in [5.74, 6) is -0.0809. The molecule has 1 heterocycles. The van der Waals surface area contributed by atoms with Gasteiger partial charge in [-0.15, -0.1) is 0 Å². The average Bonchev–Trinajstić information content (AvgIpc) is 2.74. The van der Waals surface area contributed by atoms with Crippen molar-refractivity contribution in [2.24, 2.45) is 0 Å². The summed E-state index contributed by atoms with van der Waals surface area (Å²) in [6.07, 6.45) is 2.68. The lowest BCUT2D eigenvalue weighted by atomic mass is 10.1. The summed E-state index contributed by atoms with van der Waals surface area (Å²) in [6.45, 7) is 4.29. The summed E-state index contributed by atoms with van der Waals surface area (Å²) in [5.41, 5.74) is 1.26. The Kier molecular flexibility index (Phi) is 6.59. The second-order valence-corrected chi connectivity index (χ2v) is 9.29. The maximum absolute atomic E-state index is 13.3. The molecule has 0 unspecified atom stereocenters. The lowest BCUT2D eigenvalue weighted by Gasteiger charge is -2.32. The van der Waals surface area contributed by atoms with Crippen molar-refractivity contribution >= 4 is 15.9 Å². The van der Waals surface area contributed by atoms with Crippen LogP contribution in [0, 0.1) is 0 Å². The van der Waals surface area contributed by atoms with Crippen LogP contribution in [0.5, 0.6) is 5.75 Å². The van der Waals surface area contributed by atoms with Crippen molar-refractivity contribution < 1.29 is 17.9 Å². The number of sulfonamides is 1. The van der Waals surface area contributed by atoms with Crippen molar-refractivity contribution in [1.29, 1.82) is 0 Å². The van der Waals surface area contributed by atoms with Gasteiger partial charge in [0.25, 0.3) is 5.91 Å². The van der Waals surface area contributed by atoms with Gasteiger partial charge in [0.05, 0.1) is 13.2 Å². The van der Waals surface area contributed by atoms with Gasteiger partial charge < -0.3 is 10.1 Å². The van der Waals surface area contributed by atoms with Crippen LogP contribution in [-0.4, -0.2) is 38.3 Å². The summed E-state index contributed by atoms with van der Waals surface area (Å²) in [5, 5.41) is 2.93. The number of methoxy groups -OCH3 is 1. The van der Waals surface area contributed by atoms with Crippen LogP contribution in [0.1, 0.15) is 55.1 Å². The summed E-state index contributed by atoms with van der Waals surface area (Å²) in [4.78, 5) is 12.8. The van der Waals surface area contributed by atoms with Crippen LogP contribution in [-0.2, 0) is 10.0 Å². The van der Waals surface area contributed by atoms with Gasteiger partial charge in [-0.1, -0.05) is 36.8 Å². The second-order valence-electron chi connectivity index (χ2n) is 7.43. The zero-order valence-corrected chi connectivity index (χ0v) is 17.9. The van der Waals surface area contributed by atoms with Gasteiger partial charge in [-0.05, 0) is 50.5 Å². The molecule has 2 atom stereocenters. The molecular weight excluding hydrogens is 388 g/mol. The maximum atomic E-state index is 13.3. The van der Waals surface area contributed by atoms with E-state index < -0.39 is 10.0 Å². The predicted molar refractivity (Wildman–Crippen MR) is 113 cm³/mol. The lowest BCUT2D eigenvalue weighted by molar-refractivity contribution is 0.0939. The van der Waals surface area contributed by atoms with Crippen molar-refractivity contribution in [3.8, 4) is 5.75 Å². The first kappa shape index (κ1) is 21.3. The Morgan fingerprint density at radius 2 is 1.90 bits per heavy atom. The number of amides is 1. The van der Waals surface area contributed by atoms with E-state index in [1.54, 1.807) is 12.1 Å². The number of rotatable bonds is 6. The molecule has 7 heteroatoms. The van der Waals surface area contributed by atoms with Gasteiger partial charge in [0.1, 0.15) is 10.6 Å². The molecule has 1 saturated heterocycles. The van der Waals surface area contributed by atoms with Crippen LogP contribution in [0.3, 0.4) is 0 Å². The molecule has 0 radical (unpaired) electrons. The number of nitrogens with one attached hydrogen (secondary N) is 1. The molecular formula is C22H28N2O4S. The van der Waals surface area contributed by atoms with Crippen molar-refractivity contribution in [2.45, 2.75) is 50.1 Å². The van der Waals surface area contributed by atoms with E-state index >= 15 is 0 Å². The normalized spacial score (nSPS) is 18.8. The molecule has 0 saturated carbocycles. The SMILES string of the molecule is COc1ccc(C(=O)N[C@@H](C)c2ccccc2)cc1S(=O)(=O)N1CCCC[C@@H]1C. The number of hydrogen-bond donors (Lipinski definition) is 1. The molecule has 2 aromatic carbocycles. The van der Waals surface area contributed by atoms with Crippen molar-refractivity contribution in [1.82, 2.24) is 9.62 Å². The molecule has 3 rings (SSSR count). The number of carbonyl (C=O) groups excluding carboxylic acids is 1. The van der Waals surface area contributed by atoms with Crippen molar-refractivity contribution in [3.05, 3.63) is 59.7 Å². The zero-order chi connectivity index (χ0) is 21.0. The Bertz CT molecular complexity index is 960. The third kappa shape index (κ3) is 4.62. The fourth-order valence-electron chi connectivity index (χ4n) is 3.68. The predicted octanol–water partition coefficient (Wildman–Crippen LogP) is 3.75. The van der Waals surface area contributed by atoms with E-state index in [0.717, 1.165) is 24.8 Å². The van der Waals surface area contributed by atoms with Gasteiger partial charge in [-0.25, -0.2) is 8.42 Å². The van der Waals surface area contributed by atoms with E-state index in [9.17, 15) is 13.2 Å². The van der Waals surface area contributed by atoms with Gasteiger partial charge in [-0.3, -0.25) is 4.79 Å². The molecule has 1 N–H and O–H groups in total. The Balaban J connectivity index is 1.89. The molecule has 1 aliphatic heterocycles. The topological polar surface area (TPSA) is 75.7 Å². The van der Waals surface area contributed by atoms with Gasteiger partial charge >= 0.3 is 0 Å². The van der Waals surface area contributed by atoms with Crippen molar-refractivity contribution in [3.63, 3.8) is 0 Å². The highest BCUT2D eigenvalue weighted by Gasteiger charge is 2.33. The highest BCUT2D eigenvalue weighted by molar-refractivity contribution is 7.89.